The molecule has 3 aromatic rings. The second kappa shape index (κ2) is 7.30. The molecule has 0 bridgehead atoms. The summed E-state index contributed by atoms with van der Waals surface area (Å²) in [5, 5.41) is 3.32. The third-order valence-electron chi connectivity index (χ3n) is 3.98. The van der Waals surface area contributed by atoms with Crippen LogP contribution in [0.5, 0.6) is 5.75 Å². The number of ether oxygens (including phenoxy) is 1. The van der Waals surface area contributed by atoms with Crippen LogP contribution in [-0.2, 0) is 17.4 Å². The van der Waals surface area contributed by atoms with Crippen molar-refractivity contribution < 1.29 is 27.1 Å². The lowest BCUT2D eigenvalue weighted by atomic mass is 10.1. The van der Waals surface area contributed by atoms with Gasteiger partial charge in [0.15, 0.2) is 0 Å². The van der Waals surface area contributed by atoms with Gasteiger partial charge in [-0.2, -0.15) is 13.2 Å². The van der Waals surface area contributed by atoms with Gasteiger partial charge < -0.3 is 15.0 Å². The van der Waals surface area contributed by atoms with E-state index in [1.165, 1.54) is 25.1 Å². The van der Waals surface area contributed by atoms with E-state index in [9.17, 15) is 22.4 Å². The molecule has 1 aromatic heterocycles. The van der Waals surface area contributed by atoms with Crippen LogP contribution in [0.1, 0.15) is 18.1 Å². The lowest BCUT2D eigenvalue weighted by Crippen LogP contribution is -2.06. The summed E-state index contributed by atoms with van der Waals surface area (Å²) < 4.78 is 57.2. The van der Waals surface area contributed by atoms with Gasteiger partial charge in [-0.05, 0) is 42.0 Å². The summed E-state index contributed by atoms with van der Waals surface area (Å²) in [6.45, 7) is 1.47. The Bertz CT molecular complexity index is 962. The van der Waals surface area contributed by atoms with Crippen LogP contribution in [0.3, 0.4) is 0 Å². The number of alkyl halides is 3. The largest absolute Gasteiger partial charge is 0.493 e. The van der Waals surface area contributed by atoms with Gasteiger partial charge in [0.1, 0.15) is 11.6 Å². The lowest BCUT2D eigenvalue weighted by Gasteiger charge is -2.10. The molecule has 142 valence electrons. The van der Waals surface area contributed by atoms with Gasteiger partial charge in [0.2, 0.25) is 5.91 Å². The summed E-state index contributed by atoms with van der Waals surface area (Å²) >= 11 is 0. The number of anilines is 1. The Morgan fingerprint density at radius 1 is 1.19 bits per heavy atom. The molecule has 0 aliphatic carbocycles. The first-order chi connectivity index (χ1) is 12.7. The molecule has 8 heteroatoms. The Hall–Kier alpha value is -3.03. The zero-order valence-electron chi connectivity index (χ0n) is 14.3. The molecule has 2 N–H and O–H groups in total. The van der Waals surface area contributed by atoms with Crippen LogP contribution in [0.2, 0.25) is 0 Å². The molecule has 27 heavy (non-hydrogen) atoms. The van der Waals surface area contributed by atoms with Gasteiger partial charge >= 0.3 is 6.18 Å². The summed E-state index contributed by atoms with van der Waals surface area (Å²) in [6, 6.07) is 7.26. The van der Waals surface area contributed by atoms with Crippen LogP contribution < -0.4 is 10.1 Å². The van der Waals surface area contributed by atoms with Gasteiger partial charge in [-0.1, -0.05) is 0 Å². The minimum Gasteiger partial charge on any atom is -0.493 e. The van der Waals surface area contributed by atoms with Gasteiger partial charge in [0, 0.05) is 24.9 Å². The van der Waals surface area contributed by atoms with E-state index in [1.54, 1.807) is 12.3 Å². The number of amides is 1. The smallest absolute Gasteiger partial charge is 0.416 e. The first kappa shape index (κ1) is 18.8. The van der Waals surface area contributed by atoms with Gasteiger partial charge in [-0.25, -0.2) is 4.39 Å². The minimum atomic E-state index is -4.40. The molecule has 4 nitrogen and oxygen atoms in total. The number of aromatic amines is 1. The van der Waals surface area contributed by atoms with Crippen molar-refractivity contribution in [1.82, 2.24) is 4.98 Å². The van der Waals surface area contributed by atoms with Crippen molar-refractivity contribution >= 4 is 22.5 Å². The fourth-order valence-corrected chi connectivity index (χ4v) is 2.69. The van der Waals surface area contributed by atoms with Crippen molar-refractivity contribution in [2.45, 2.75) is 19.5 Å². The lowest BCUT2D eigenvalue weighted by molar-refractivity contribution is -0.137. The van der Waals surface area contributed by atoms with Crippen LogP contribution in [-0.4, -0.2) is 17.5 Å². The molecular formula is C19H16F4N2O2. The summed E-state index contributed by atoms with van der Waals surface area (Å²) in [4.78, 5) is 14.1. The number of carbonyl (C=O) groups is 1. The number of hydrogen-bond acceptors (Lipinski definition) is 2. The number of H-pyrrole nitrogens is 1. The van der Waals surface area contributed by atoms with E-state index in [0.29, 0.717) is 22.2 Å². The van der Waals surface area contributed by atoms with E-state index < -0.39 is 17.6 Å². The van der Waals surface area contributed by atoms with Crippen molar-refractivity contribution in [1.29, 1.82) is 0 Å². The zero-order chi connectivity index (χ0) is 19.6. The number of fused-ring (bicyclic) bond motifs is 1. The third-order valence-corrected chi connectivity index (χ3v) is 3.98. The maximum absolute atomic E-state index is 14.2. The molecule has 0 spiro atoms. The summed E-state index contributed by atoms with van der Waals surface area (Å²) in [6.07, 6.45) is -2.61. The molecule has 1 amide bonds. The Morgan fingerprint density at radius 2 is 1.89 bits per heavy atom. The molecule has 3 rings (SSSR count). The number of aromatic nitrogens is 1. The van der Waals surface area contributed by atoms with Gasteiger partial charge in [0.05, 0.1) is 23.4 Å². The van der Waals surface area contributed by atoms with Crippen LogP contribution in [0.25, 0.3) is 10.9 Å². The van der Waals surface area contributed by atoms with E-state index in [-0.39, 0.29) is 24.7 Å². The van der Waals surface area contributed by atoms with E-state index in [0.717, 1.165) is 12.1 Å². The number of rotatable bonds is 5. The van der Waals surface area contributed by atoms with Crippen molar-refractivity contribution in [3.63, 3.8) is 0 Å². The quantitative estimate of drug-likeness (QED) is 0.618. The maximum Gasteiger partial charge on any atom is 0.416 e. The number of carbonyl (C=O) groups excluding carboxylic acids is 1. The minimum absolute atomic E-state index is 0.0910. The van der Waals surface area contributed by atoms with Crippen molar-refractivity contribution in [3.8, 4) is 5.75 Å². The topological polar surface area (TPSA) is 54.1 Å². The van der Waals surface area contributed by atoms with E-state index in [2.05, 4.69) is 10.3 Å². The molecule has 0 atom stereocenters. The molecule has 0 fully saturated rings. The number of benzene rings is 2. The second-order valence-electron chi connectivity index (χ2n) is 5.99. The summed E-state index contributed by atoms with van der Waals surface area (Å²) in [5.41, 5.74) is 0.705. The average Bonchev–Trinajstić information content (AvgIpc) is 2.96. The Labute approximate surface area is 152 Å². The standard InChI is InChI=1S/C19H16F4N2O2/c1-11(26)25-18-10-24-17-9-16(20)12(8-15(17)18)6-7-27-14-4-2-13(3-5-14)19(21,22)23/h2-5,8-10,24H,6-7H2,1H3,(H,25,26). The van der Waals surface area contributed by atoms with Crippen molar-refractivity contribution in [3.05, 3.63) is 59.5 Å². The molecular weight excluding hydrogens is 364 g/mol. The van der Waals surface area contributed by atoms with Gasteiger partial charge in [0.25, 0.3) is 0 Å². The Kier molecular flexibility index (Phi) is 5.07. The van der Waals surface area contributed by atoms with E-state index >= 15 is 0 Å². The van der Waals surface area contributed by atoms with Gasteiger partial charge in [-0.3, -0.25) is 4.79 Å². The molecule has 0 saturated carbocycles. The first-order valence-electron chi connectivity index (χ1n) is 8.11. The highest BCUT2D eigenvalue weighted by Crippen LogP contribution is 2.30. The normalized spacial score (nSPS) is 11.6. The van der Waals surface area contributed by atoms with Gasteiger partial charge in [-0.15, -0.1) is 0 Å². The third kappa shape index (κ3) is 4.39. The molecule has 0 unspecified atom stereocenters. The molecule has 0 aliphatic heterocycles. The van der Waals surface area contributed by atoms with E-state index in [4.69, 9.17) is 4.74 Å². The van der Waals surface area contributed by atoms with Crippen LogP contribution >= 0.6 is 0 Å². The fraction of sp³-hybridized carbons (Fsp3) is 0.211. The number of hydrogen-bond donors (Lipinski definition) is 2. The number of halogens is 4. The highest BCUT2D eigenvalue weighted by atomic mass is 19.4. The Balaban J connectivity index is 1.69. The predicted octanol–water partition coefficient (Wildman–Crippen LogP) is 4.91. The summed E-state index contributed by atoms with van der Waals surface area (Å²) in [7, 11) is 0. The molecule has 0 saturated heterocycles. The molecule has 2 aromatic carbocycles. The Morgan fingerprint density at radius 3 is 2.52 bits per heavy atom. The van der Waals surface area contributed by atoms with E-state index in [1.807, 2.05) is 0 Å². The maximum atomic E-state index is 14.2. The SMILES string of the molecule is CC(=O)Nc1c[nH]c2cc(F)c(CCOc3ccc(C(F)(F)F)cc3)cc12. The second-order valence-corrected chi connectivity index (χ2v) is 5.99. The molecule has 1 heterocycles. The first-order valence-corrected chi connectivity index (χ1v) is 8.11. The molecule has 0 aliphatic rings. The van der Waals surface area contributed by atoms with Crippen molar-refractivity contribution in [2.24, 2.45) is 0 Å². The predicted molar refractivity (Wildman–Crippen MR) is 93.2 cm³/mol. The highest BCUT2D eigenvalue weighted by Gasteiger charge is 2.30. The van der Waals surface area contributed by atoms with Crippen LogP contribution in [0.15, 0.2) is 42.6 Å². The fourth-order valence-electron chi connectivity index (χ4n) is 2.69. The van der Waals surface area contributed by atoms with Crippen LogP contribution in [0.4, 0.5) is 23.2 Å². The zero-order valence-corrected chi connectivity index (χ0v) is 14.3. The van der Waals surface area contributed by atoms with Crippen LogP contribution in [0, 0.1) is 5.82 Å². The average molecular weight is 380 g/mol. The summed E-state index contributed by atoms with van der Waals surface area (Å²) in [5.74, 6) is -0.410. The monoisotopic (exact) mass is 380 g/mol. The number of nitrogens with one attached hydrogen (secondary N) is 2. The van der Waals surface area contributed by atoms with Crippen molar-refractivity contribution in [2.75, 3.05) is 11.9 Å². The highest BCUT2D eigenvalue weighted by molar-refractivity contribution is 6.01. The molecule has 0 radical (unpaired) electrons.